The number of nitrogens with one attached hydrogen (secondary N) is 1. The molecule has 27 heavy (non-hydrogen) atoms. The van der Waals surface area contributed by atoms with Gasteiger partial charge in [-0.05, 0) is 37.3 Å². The predicted octanol–water partition coefficient (Wildman–Crippen LogP) is 3.74. The summed E-state index contributed by atoms with van der Waals surface area (Å²) in [5.74, 6) is -0.700. The van der Waals surface area contributed by atoms with Crippen molar-refractivity contribution in [2.24, 2.45) is 5.73 Å². The maximum absolute atomic E-state index is 13.5. The van der Waals surface area contributed by atoms with Crippen LogP contribution in [0.15, 0.2) is 24.3 Å². The van der Waals surface area contributed by atoms with Gasteiger partial charge in [0, 0.05) is 18.6 Å². The van der Waals surface area contributed by atoms with Crippen molar-refractivity contribution in [3.05, 3.63) is 35.4 Å². The van der Waals surface area contributed by atoms with E-state index in [1.807, 2.05) is 0 Å². The second-order valence-electron chi connectivity index (χ2n) is 7.52. The van der Waals surface area contributed by atoms with E-state index in [0.29, 0.717) is 19.4 Å². The molecule has 1 aromatic carbocycles. The van der Waals surface area contributed by atoms with Crippen molar-refractivity contribution in [1.29, 1.82) is 0 Å². The number of rotatable bonds is 4. The first kappa shape index (κ1) is 20.1. The van der Waals surface area contributed by atoms with Gasteiger partial charge in [0.1, 0.15) is 6.04 Å². The molecule has 0 bridgehead atoms. The minimum atomic E-state index is -4.41. The molecule has 1 amide bonds. The normalized spacial score (nSPS) is 27.8. The van der Waals surface area contributed by atoms with E-state index in [0.717, 1.165) is 38.2 Å². The Kier molecular flexibility index (Phi) is 6.42. The number of alkyl halides is 3. The maximum Gasteiger partial charge on any atom is 0.416 e. The third-order valence-corrected chi connectivity index (χ3v) is 5.68. The summed E-state index contributed by atoms with van der Waals surface area (Å²) in [6.07, 6.45) is 0.841. The second-order valence-corrected chi connectivity index (χ2v) is 7.52. The summed E-state index contributed by atoms with van der Waals surface area (Å²) in [6, 6.07) is 4.57. The molecule has 7 heteroatoms. The van der Waals surface area contributed by atoms with Crippen LogP contribution in [0, 0.1) is 0 Å². The van der Waals surface area contributed by atoms with E-state index in [4.69, 9.17) is 10.5 Å². The van der Waals surface area contributed by atoms with Gasteiger partial charge in [0.15, 0.2) is 0 Å². The van der Waals surface area contributed by atoms with E-state index in [-0.39, 0.29) is 29.5 Å². The molecule has 4 atom stereocenters. The summed E-state index contributed by atoms with van der Waals surface area (Å²) in [4.78, 5) is 12.6. The standard InChI is InChI=1S/C20H27F3N2O2/c21-20(22,23)15-9-5-4-7-13(15)14-8-2-1-3-10-16(14)25-19(26)18(24)17-11-6-12-27-17/h4-5,7,9,14,16-18H,1-3,6,8,10-12,24H2,(H,25,26). The molecule has 0 spiro atoms. The molecule has 2 fully saturated rings. The lowest BCUT2D eigenvalue weighted by Crippen LogP contribution is -2.52. The lowest BCUT2D eigenvalue weighted by molar-refractivity contribution is -0.138. The van der Waals surface area contributed by atoms with Gasteiger partial charge in [-0.15, -0.1) is 0 Å². The molecule has 1 aromatic rings. The Hall–Kier alpha value is -1.60. The maximum atomic E-state index is 13.5. The van der Waals surface area contributed by atoms with Crippen LogP contribution in [0.1, 0.15) is 62.0 Å². The van der Waals surface area contributed by atoms with Gasteiger partial charge < -0.3 is 15.8 Å². The molecule has 1 aliphatic heterocycles. The lowest BCUT2D eigenvalue weighted by Gasteiger charge is -2.30. The molecule has 4 nitrogen and oxygen atoms in total. The minimum Gasteiger partial charge on any atom is -0.376 e. The molecule has 1 aliphatic carbocycles. The fraction of sp³-hybridized carbons (Fsp3) is 0.650. The molecule has 0 aromatic heterocycles. The zero-order valence-electron chi connectivity index (χ0n) is 15.3. The Morgan fingerprint density at radius 2 is 1.85 bits per heavy atom. The van der Waals surface area contributed by atoms with Crippen LogP contribution in [-0.4, -0.2) is 30.7 Å². The highest BCUT2D eigenvalue weighted by atomic mass is 19.4. The van der Waals surface area contributed by atoms with Gasteiger partial charge >= 0.3 is 6.18 Å². The van der Waals surface area contributed by atoms with Crippen molar-refractivity contribution in [3.63, 3.8) is 0 Å². The molecule has 3 N–H and O–H groups in total. The molecule has 1 heterocycles. The van der Waals surface area contributed by atoms with E-state index in [2.05, 4.69) is 5.32 Å². The predicted molar refractivity (Wildman–Crippen MR) is 96.2 cm³/mol. The van der Waals surface area contributed by atoms with E-state index >= 15 is 0 Å². The van der Waals surface area contributed by atoms with Crippen LogP contribution in [-0.2, 0) is 15.7 Å². The molecule has 1 saturated heterocycles. The monoisotopic (exact) mass is 384 g/mol. The van der Waals surface area contributed by atoms with E-state index in [1.54, 1.807) is 6.07 Å². The molecule has 1 saturated carbocycles. The summed E-state index contributed by atoms with van der Waals surface area (Å²) >= 11 is 0. The van der Waals surface area contributed by atoms with E-state index in [9.17, 15) is 18.0 Å². The van der Waals surface area contributed by atoms with Gasteiger partial charge in [-0.25, -0.2) is 0 Å². The Balaban J connectivity index is 1.81. The van der Waals surface area contributed by atoms with Crippen LogP contribution in [0.5, 0.6) is 0 Å². The number of carbonyl (C=O) groups excluding carboxylic acids is 1. The highest BCUT2D eigenvalue weighted by molar-refractivity contribution is 5.82. The van der Waals surface area contributed by atoms with Crippen LogP contribution >= 0.6 is 0 Å². The highest BCUT2D eigenvalue weighted by Gasteiger charge is 2.38. The zero-order valence-corrected chi connectivity index (χ0v) is 15.3. The van der Waals surface area contributed by atoms with Gasteiger partial charge in [-0.2, -0.15) is 13.2 Å². The largest absolute Gasteiger partial charge is 0.416 e. The summed E-state index contributed by atoms with van der Waals surface area (Å²) < 4.78 is 46.0. The number of ether oxygens (including phenoxy) is 1. The first-order chi connectivity index (χ1) is 12.9. The van der Waals surface area contributed by atoms with Crippen molar-refractivity contribution in [2.75, 3.05) is 6.61 Å². The number of benzene rings is 1. The lowest BCUT2D eigenvalue weighted by atomic mass is 9.84. The van der Waals surface area contributed by atoms with Gasteiger partial charge in [0.05, 0.1) is 11.7 Å². The molecular weight excluding hydrogens is 357 g/mol. The Morgan fingerprint density at radius 3 is 2.56 bits per heavy atom. The molecule has 4 unspecified atom stereocenters. The van der Waals surface area contributed by atoms with Crippen LogP contribution in [0.25, 0.3) is 0 Å². The molecule has 0 radical (unpaired) electrons. The van der Waals surface area contributed by atoms with Crippen LogP contribution in [0.2, 0.25) is 0 Å². The average Bonchev–Trinajstić information content (AvgIpc) is 3.08. The summed E-state index contributed by atoms with van der Waals surface area (Å²) in [5, 5.41) is 2.95. The molecule has 3 rings (SSSR count). The van der Waals surface area contributed by atoms with Crippen molar-refractivity contribution in [3.8, 4) is 0 Å². The highest BCUT2D eigenvalue weighted by Crippen LogP contribution is 2.40. The number of hydrogen-bond donors (Lipinski definition) is 2. The van der Waals surface area contributed by atoms with Crippen molar-refractivity contribution >= 4 is 5.91 Å². The number of amides is 1. The molecule has 150 valence electrons. The van der Waals surface area contributed by atoms with Crippen LogP contribution in [0.3, 0.4) is 0 Å². The SMILES string of the molecule is NC(C(=O)NC1CCCCCC1c1ccccc1C(F)(F)F)C1CCCO1. The summed E-state index contributed by atoms with van der Waals surface area (Å²) in [6.45, 7) is 0.594. The van der Waals surface area contributed by atoms with Crippen LogP contribution in [0.4, 0.5) is 13.2 Å². The van der Waals surface area contributed by atoms with E-state index in [1.165, 1.54) is 12.1 Å². The Bertz CT molecular complexity index is 644. The Morgan fingerprint density at radius 1 is 1.11 bits per heavy atom. The van der Waals surface area contributed by atoms with Gasteiger partial charge in [-0.1, -0.05) is 37.5 Å². The minimum absolute atomic E-state index is 0.267. The number of halogens is 3. The number of nitrogens with two attached hydrogens (primary N) is 1. The first-order valence-electron chi connectivity index (χ1n) is 9.71. The quantitative estimate of drug-likeness (QED) is 0.778. The molecular formula is C20H27F3N2O2. The topological polar surface area (TPSA) is 64.4 Å². The fourth-order valence-electron chi connectivity index (χ4n) is 4.26. The third-order valence-electron chi connectivity index (χ3n) is 5.68. The van der Waals surface area contributed by atoms with Crippen molar-refractivity contribution in [1.82, 2.24) is 5.32 Å². The summed E-state index contributed by atoms with van der Waals surface area (Å²) in [7, 11) is 0. The fourth-order valence-corrected chi connectivity index (χ4v) is 4.26. The number of hydrogen-bond acceptors (Lipinski definition) is 3. The van der Waals surface area contributed by atoms with Crippen molar-refractivity contribution < 1.29 is 22.7 Å². The smallest absolute Gasteiger partial charge is 0.376 e. The average molecular weight is 384 g/mol. The summed E-state index contributed by atoms with van der Waals surface area (Å²) in [5.41, 5.74) is 5.70. The first-order valence-corrected chi connectivity index (χ1v) is 9.71. The Labute approximate surface area is 157 Å². The van der Waals surface area contributed by atoms with Gasteiger partial charge in [-0.3, -0.25) is 4.79 Å². The van der Waals surface area contributed by atoms with Crippen LogP contribution < -0.4 is 11.1 Å². The third kappa shape index (κ3) is 4.82. The molecule has 2 aliphatic rings. The van der Waals surface area contributed by atoms with Gasteiger partial charge in [0.2, 0.25) is 5.91 Å². The zero-order chi connectivity index (χ0) is 19.4. The second kappa shape index (κ2) is 8.61. The number of carbonyl (C=O) groups is 1. The van der Waals surface area contributed by atoms with Crippen molar-refractivity contribution in [2.45, 2.75) is 75.2 Å². The van der Waals surface area contributed by atoms with E-state index < -0.39 is 17.8 Å². The van der Waals surface area contributed by atoms with Gasteiger partial charge in [0.25, 0.3) is 0 Å².